The number of methoxy groups -OCH3 is 2. The summed E-state index contributed by atoms with van der Waals surface area (Å²) in [7, 11) is 3.03. The van der Waals surface area contributed by atoms with E-state index in [0.29, 0.717) is 28.3 Å². The number of halogens is 1. The van der Waals surface area contributed by atoms with E-state index < -0.39 is 23.4 Å². The van der Waals surface area contributed by atoms with Crippen LogP contribution < -0.4 is 19.7 Å². The van der Waals surface area contributed by atoms with Crippen LogP contribution in [0.2, 0.25) is 0 Å². The molecule has 0 aromatic heterocycles. The van der Waals surface area contributed by atoms with Gasteiger partial charge >= 0.3 is 0 Å². The Labute approximate surface area is 257 Å². The fourth-order valence-electron chi connectivity index (χ4n) is 7.08. The first-order valence-corrected chi connectivity index (χ1v) is 14.7. The van der Waals surface area contributed by atoms with Crippen molar-refractivity contribution in [3.63, 3.8) is 0 Å². The molecule has 43 heavy (non-hydrogen) atoms. The summed E-state index contributed by atoms with van der Waals surface area (Å²) in [6.45, 7) is 0. The summed E-state index contributed by atoms with van der Waals surface area (Å²) in [6, 6.07) is 25.6. The van der Waals surface area contributed by atoms with Crippen molar-refractivity contribution >= 4 is 50.9 Å². The highest BCUT2D eigenvalue weighted by atomic mass is 79.9. The average Bonchev–Trinajstić information content (AvgIpc) is 3.52. The minimum absolute atomic E-state index is 0.248. The highest BCUT2D eigenvalue weighted by Crippen LogP contribution is 2.58. The summed E-state index contributed by atoms with van der Waals surface area (Å²) < 4.78 is 11.9. The molecular formula is C35H27BrN2O5. The van der Waals surface area contributed by atoms with Gasteiger partial charge in [-0.15, -0.1) is 0 Å². The number of carbonyl (C=O) groups excluding carboxylic acids is 3. The smallest absolute Gasteiger partial charge is 0.238 e. The summed E-state index contributed by atoms with van der Waals surface area (Å²) in [6.07, 6.45) is 3.92. The fourth-order valence-corrected chi connectivity index (χ4v) is 7.35. The Bertz CT molecular complexity index is 1830. The molecule has 0 aliphatic carbocycles. The fraction of sp³-hybridized carbons (Fsp3) is 0.171. The van der Waals surface area contributed by atoms with Crippen molar-refractivity contribution in [1.29, 1.82) is 0 Å². The maximum atomic E-state index is 15.0. The number of carbonyl (C=O) groups is 3. The number of hydrogen-bond donors (Lipinski definition) is 1. The predicted molar refractivity (Wildman–Crippen MR) is 168 cm³/mol. The highest BCUT2D eigenvalue weighted by Gasteiger charge is 2.71. The Balaban J connectivity index is 1.54. The Hall–Kier alpha value is -4.69. The van der Waals surface area contributed by atoms with Crippen molar-refractivity contribution in [3.05, 3.63) is 124 Å². The third-order valence-electron chi connectivity index (χ3n) is 8.88. The molecule has 4 aromatic rings. The zero-order valence-corrected chi connectivity index (χ0v) is 25.0. The molecular weight excluding hydrogens is 608 g/mol. The molecule has 3 aliphatic heterocycles. The van der Waals surface area contributed by atoms with Crippen LogP contribution in [0.15, 0.2) is 102 Å². The number of fused-ring (bicyclic) bond motifs is 5. The van der Waals surface area contributed by atoms with Crippen LogP contribution in [0, 0.1) is 5.92 Å². The summed E-state index contributed by atoms with van der Waals surface area (Å²) in [5, 5.41) is 3.04. The standard InChI is InChI=1S/C35H27BrN2O5/c1-42-23-16-18-29(43-2)24(19-23)32(40)30-28-17-13-20-7-3-6-10-27(20)38(28)33(31(39)21-11-14-22(36)15-12-21)35(30)25-8-4-5-9-26(25)37-34(35)41/h3-19,28,30,33H,1-2H3,(H,37,41)/t28?,30-,33+,35+/m0/s1. The first kappa shape index (κ1) is 27.2. The van der Waals surface area contributed by atoms with Crippen LogP contribution in [-0.2, 0) is 10.2 Å². The van der Waals surface area contributed by atoms with E-state index in [-0.39, 0.29) is 23.0 Å². The van der Waals surface area contributed by atoms with Gasteiger partial charge in [-0.2, -0.15) is 0 Å². The van der Waals surface area contributed by atoms with Gasteiger partial charge in [-0.25, -0.2) is 0 Å². The van der Waals surface area contributed by atoms with Gasteiger partial charge < -0.3 is 19.7 Å². The lowest BCUT2D eigenvalue weighted by molar-refractivity contribution is -0.121. The van der Waals surface area contributed by atoms with Gasteiger partial charge in [0.2, 0.25) is 5.91 Å². The number of nitrogens with zero attached hydrogens (tertiary/aromatic N) is 1. The minimum Gasteiger partial charge on any atom is -0.497 e. The van der Waals surface area contributed by atoms with Crippen LogP contribution in [0.25, 0.3) is 6.08 Å². The molecule has 1 amide bonds. The lowest BCUT2D eigenvalue weighted by atomic mass is 9.63. The van der Waals surface area contributed by atoms with E-state index in [4.69, 9.17) is 9.47 Å². The number of Topliss-reactive ketones (excluding diaryl/α,β-unsaturated/α-hetero) is 2. The van der Waals surface area contributed by atoms with Gasteiger partial charge in [-0.1, -0.05) is 76.6 Å². The average molecular weight is 636 g/mol. The summed E-state index contributed by atoms with van der Waals surface area (Å²) in [5.74, 6) is -1.08. The second-order valence-electron chi connectivity index (χ2n) is 10.9. The lowest BCUT2D eigenvalue weighted by Crippen LogP contribution is -2.55. The molecule has 1 spiro atoms. The number of benzene rings is 4. The Morgan fingerprint density at radius 2 is 1.63 bits per heavy atom. The molecule has 1 saturated heterocycles. The van der Waals surface area contributed by atoms with Crippen molar-refractivity contribution < 1.29 is 23.9 Å². The van der Waals surface area contributed by atoms with Crippen LogP contribution in [0.5, 0.6) is 11.5 Å². The van der Waals surface area contributed by atoms with Crippen molar-refractivity contribution in [2.24, 2.45) is 5.92 Å². The molecule has 3 aliphatic rings. The molecule has 0 radical (unpaired) electrons. The minimum atomic E-state index is -1.56. The molecule has 1 fully saturated rings. The van der Waals surface area contributed by atoms with Gasteiger partial charge in [0.05, 0.1) is 31.7 Å². The quantitative estimate of drug-likeness (QED) is 0.250. The molecule has 4 aromatic carbocycles. The number of amides is 1. The molecule has 0 saturated carbocycles. The van der Waals surface area contributed by atoms with Gasteiger partial charge in [0.1, 0.15) is 23.0 Å². The van der Waals surface area contributed by atoms with Crippen LogP contribution in [-0.4, -0.2) is 43.8 Å². The molecule has 0 bridgehead atoms. The highest BCUT2D eigenvalue weighted by molar-refractivity contribution is 9.10. The van der Waals surface area contributed by atoms with Gasteiger partial charge in [0, 0.05) is 21.4 Å². The van der Waals surface area contributed by atoms with Gasteiger partial charge in [-0.3, -0.25) is 14.4 Å². The van der Waals surface area contributed by atoms with Crippen molar-refractivity contribution in [3.8, 4) is 11.5 Å². The summed E-state index contributed by atoms with van der Waals surface area (Å²) >= 11 is 3.46. The van der Waals surface area contributed by atoms with E-state index in [1.807, 2.05) is 77.7 Å². The summed E-state index contributed by atoms with van der Waals surface area (Å²) in [5.41, 5.74) is 2.08. The van der Waals surface area contributed by atoms with Gasteiger partial charge in [0.15, 0.2) is 11.6 Å². The predicted octanol–water partition coefficient (Wildman–Crippen LogP) is 6.32. The van der Waals surface area contributed by atoms with E-state index in [0.717, 1.165) is 15.7 Å². The molecule has 7 nitrogen and oxygen atoms in total. The normalized spacial score (nSPS) is 22.9. The first-order valence-electron chi connectivity index (χ1n) is 13.9. The number of rotatable bonds is 6. The monoisotopic (exact) mass is 634 g/mol. The molecule has 8 heteroatoms. The second-order valence-corrected chi connectivity index (χ2v) is 11.8. The van der Waals surface area contributed by atoms with E-state index in [1.165, 1.54) is 14.2 Å². The van der Waals surface area contributed by atoms with Crippen LogP contribution in [0.3, 0.4) is 0 Å². The summed E-state index contributed by atoms with van der Waals surface area (Å²) in [4.78, 5) is 46.5. The maximum absolute atomic E-state index is 15.0. The second kappa shape index (κ2) is 10.2. The van der Waals surface area contributed by atoms with Gasteiger partial charge in [0.25, 0.3) is 0 Å². The Morgan fingerprint density at radius 1 is 0.884 bits per heavy atom. The number of ether oxygens (including phenoxy) is 2. The molecule has 3 heterocycles. The number of ketones is 2. The lowest BCUT2D eigenvalue weighted by Gasteiger charge is -2.37. The Kier molecular flexibility index (Phi) is 6.47. The van der Waals surface area contributed by atoms with E-state index in [2.05, 4.69) is 21.2 Å². The van der Waals surface area contributed by atoms with Crippen molar-refractivity contribution in [1.82, 2.24) is 0 Å². The number of para-hydroxylation sites is 2. The van der Waals surface area contributed by atoms with E-state index >= 15 is 4.79 Å². The SMILES string of the molecule is COc1ccc(OC)c(C(=O)[C@@H]2C3C=Cc4ccccc4N3[C@H](C(=O)c3ccc(Br)cc3)[C@]23C(=O)Nc2ccccc23)c1. The van der Waals surface area contributed by atoms with E-state index in [1.54, 1.807) is 30.3 Å². The van der Waals surface area contributed by atoms with Crippen molar-refractivity contribution in [2.75, 3.05) is 24.4 Å². The van der Waals surface area contributed by atoms with Gasteiger partial charge in [-0.05, 0) is 53.6 Å². The van der Waals surface area contributed by atoms with E-state index in [9.17, 15) is 9.59 Å². The number of anilines is 2. The van der Waals surface area contributed by atoms with Crippen LogP contribution in [0.1, 0.15) is 31.8 Å². The third kappa shape index (κ3) is 3.89. The first-order chi connectivity index (χ1) is 20.9. The number of nitrogens with one attached hydrogen (secondary N) is 1. The molecule has 4 atom stereocenters. The molecule has 1 N–H and O–H groups in total. The zero-order valence-electron chi connectivity index (χ0n) is 23.4. The molecule has 1 unspecified atom stereocenters. The van der Waals surface area contributed by atoms with Crippen LogP contribution >= 0.6 is 15.9 Å². The topological polar surface area (TPSA) is 84.9 Å². The Morgan fingerprint density at radius 3 is 2.40 bits per heavy atom. The maximum Gasteiger partial charge on any atom is 0.238 e. The molecule has 7 rings (SSSR count). The largest absolute Gasteiger partial charge is 0.497 e. The van der Waals surface area contributed by atoms with Crippen LogP contribution in [0.4, 0.5) is 11.4 Å². The zero-order chi connectivity index (χ0) is 29.9. The number of hydrogen-bond acceptors (Lipinski definition) is 6. The molecule has 214 valence electrons. The third-order valence-corrected chi connectivity index (χ3v) is 9.41. The van der Waals surface area contributed by atoms with Crippen molar-refractivity contribution in [2.45, 2.75) is 17.5 Å².